The van der Waals surface area contributed by atoms with Gasteiger partial charge in [-0.3, -0.25) is 4.79 Å². The molecule has 116 valence electrons. The predicted molar refractivity (Wildman–Crippen MR) is 81.6 cm³/mol. The molecule has 0 aromatic carbocycles. The van der Waals surface area contributed by atoms with Crippen molar-refractivity contribution in [1.82, 2.24) is 5.32 Å². The fourth-order valence-corrected chi connectivity index (χ4v) is 3.59. The van der Waals surface area contributed by atoms with E-state index >= 15 is 0 Å². The van der Waals surface area contributed by atoms with Crippen molar-refractivity contribution in [2.24, 2.45) is 5.92 Å². The van der Waals surface area contributed by atoms with Crippen LogP contribution in [0.5, 0.6) is 0 Å². The zero-order valence-corrected chi connectivity index (χ0v) is 13.2. The van der Waals surface area contributed by atoms with E-state index in [0.717, 1.165) is 31.6 Å². The van der Waals surface area contributed by atoms with Crippen LogP contribution in [-0.4, -0.2) is 24.2 Å². The minimum Gasteiger partial charge on any atom is -0.365 e. The second-order valence-electron chi connectivity index (χ2n) is 6.87. The molecule has 0 heterocycles. The van der Waals surface area contributed by atoms with E-state index in [4.69, 9.17) is 4.74 Å². The lowest BCUT2D eigenvalue weighted by atomic mass is 9.88. The highest BCUT2D eigenvalue weighted by atomic mass is 16.5. The highest BCUT2D eigenvalue weighted by molar-refractivity contribution is 5.80. The fraction of sp³-hybridized carbons (Fsp3) is 0.941. The molecule has 3 atom stereocenters. The van der Waals surface area contributed by atoms with Crippen molar-refractivity contribution in [3.8, 4) is 0 Å². The van der Waals surface area contributed by atoms with Crippen molar-refractivity contribution >= 4 is 5.91 Å². The van der Waals surface area contributed by atoms with Gasteiger partial charge in [0, 0.05) is 6.04 Å². The van der Waals surface area contributed by atoms with Crippen LogP contribution in [0, 0.1) is 5.92 Å². The summed E-state index contributed by atoms with van der Waals surface area (Å²) >= 11 is 0. The fourth-order valence-electron chi connectivity index (χ4n) is 3.59. The number of amides is 1. The molecule has 3 heteroatoms. The molecule has 2 saturated carbocycles. The third-order valence-corrected chi connectivity index (χ3v) is 4.86. The molecule has 0 bridgehead atoms. The molecule has 1 amide bonds. The van der Waals surface area contributed by atoms with Crippen molar-refractivity contribution in [3.63, 3.8) is 0 Å². The lowest BCUT2D eigenvalue weighted by Gasteiger charge is -2.29. The summed E-state index contributed by atoms with van der Waals surface area (Å²) in [6.07, 6.45) is 12.2. The molecule has 2 aliphatic carbocycles. The highest BCUT2D eigenvalue weighted by Crippen LogP contribution is 2.26. The number of carbonyl (C=O) groups is 1. The first-order valence-corrected chi connectivity index (χ1v) is 8.61. The first-order valence-electron chi connectivity index (χ1n) is 8.61. The Hall–Kier alpha value is -0.570. The topological polar surface area (TPSA) is 38.3 Å². The number of ether oxygens (including phenoxy) is 1. The van der Waals surface area contributed by atoms with Crippen LogP contribution in [0.25, 0.3) is 0 Å². The smallest absolute Gasteiger partial charge is 0.249 e. The SMILES string of the molecule is C[C@@H]1CCC[C@@H](O[C@@H](C)C(=O)NC2CCCCCC2)C1. The van der Waals surface area contributed by atoms with Crippen LogP contribution in [0.4, 0.5) is 0 Å². The summed E-state index contributed by atoms with van der Waals surface area (Å²) in [5.41, 5.74) is 0. The highest BCUT2D eigenvalue weighted by Gasteiger charge is 2.25. The van der Waals surface area contributed by atoms with E-state index < -0.39 is 0 Å². The Morgan fingerprint density at radius 1 is 1.05 bits per heavy atom. The zero-order valence-electron chi connectivity index (χ0n) is 13.2. The summed E-state index contributed by atoms with van der Waals surface area (Å²) in [5, 5.41) is 3.20. The molecule has 0 spiro atoms. The molecule has 0 saturated heterocycles. The number of nitrogens with one attached hydrogen (secondary N) is 1. The van der Waals surface area contributed by atoms with Crippen LogP contribution < -0.4 is 5.32 Å². The van der Waals surface area contributed by atoms with Gasteiger partial charge in [0.1, 0.15) is 6.10 Å². The van der Waals surface area contributed by atoms with Crippen LogP contribution in [0.2, 0.25) is 0 Å². The second-order valence-corrected chi connectivity index (χ2v) is 6.87. The van der Waals surface area contributed by atoms with Gasteiger partial charge in [0.25, 0.3) is 0 Å². The lowest BCUT2D eigenvalue weighted by molar-refractivity contribution is -0.138. The van der Waals surface area contributed by atoms with E-state index in [1.807, 2.05) is 6.92 Å². The Morgan fingerprint density at radius 2 is 1.75 bits per heavy atom. The Bertz CT molecular complexity index is 297. The van der Waals surface area contributed by atoms with Crippen LogP contribution in [0.1, 0.15) is 78.1 Å². The van der Waals surface area contributed by atoms with Crippen molar-refractivity contribution in [1.29, 1.82) is 0 Å². The minimum absolute atomic E-state index is 0.0927. The zero-order chi connectivity index (χ0) is 14.4. The van der Waals surface area contributed by atoms with Gasteiger partial charge in [-0.05, 0) is 38.5 Å². The molecule has 0 aromatic heterocycles. The summed E-state index contributed by atoms with van der Waals surface area (Å²) < 4.78 is 5.98. The average molecular weight is 281 g/mol. The molecule has 0 aromatic rings. The first kappa shape index (κ1) is 15.8. The van der Waals surface area contributed by atoms with Gasteiger partial charge >= 0.3 is 0 Å². The molecule has 2 fully saturated rings. The van der Waals surface area contributed by atoms with E-state index in [1.165, 1.54) is 38.5 Å². The van der Waals surface area contributed by atoms with E-state index in [9.17, 15) is 4.79 Å². The summed E-state index contributed by atoms with van der Waals surface area (Å²) in [5.74, 6) is 0.834. The maximum atomic E-state index is 12.2. The Kier molecular flexibility index (Phi) is 6.34. The van der Waals surface area contributed by atoms with Gasteiger partial charge in [-0.2, -0.15) is 0 Å². The molecule has 0 unspecified atom stereocenters. The van der Waals surface area contributed by atoms with Gasteiger partial charge in [0.05, 0.1) is 6.10 Å². The van der Waals surface area contributed by atoms with E-state index in [1.54, 1.807) is 0 Å². The van der Waals surface area contributed by atoms with Gasteiger partial charge in [0.15, 0.2) is 0 Å². The molecule has 2 aliphatic rings. The monoisotopic (exact) mass is 281 g/mol. The number of carbonyl (C=O) groups excluding carboxylic acids is 1. The summed E-state index contributed by atoms with van der Waals surface area (Å²) in [4.78, 5) is 12.2. The summed E-state index contributed by atoms with van der Waals surface area (Å²) in [6.45, 7) is 4.19. The maximum absolute atomic E-state index is 12.2. The van der Waals surface area contributed by atoms with Gasteiger partial charge in [0.2, 0.25) is 5.91 Å². The molecule has 2 rings (SSSR count). The molecular formula is C17H31NO2. The number of rotatable bonds is 4. The van der Waals surface area contributed by atoms with Crippen molar-refractivity contribution < 1.29 is 9.53 Å². The van der Waals surface area contributed by atoms with Crippen LogP contribution in [0.15, 0.2) is 0 Å². The lowest BCUT2D eigenvalue weighted by Crippen LogP contribution is -2.42. The second kappa shape index (κ2) is 8.02. The average Bonchev–Trinajstić information content (AvgIpc) is 2.67. The largest absolute Gasteiger partial charge is 0.365 e. The van der Waals surface area contributed by atoms with E-state index in [0.29, 0.717) is 6.04 Å². The third-order valence-electron chi connectivity index (χ3n) is 4.86. The van der Waals surface area contributed by atoms with Crippen LogP contribution >= 0.6 is 0 Å². The Morgan fingerprint density at radius 3 is 2.40 bits per heavy atom. The molecule has 1 N–H and O–H groups in total. The Labute approximate surface area is 123 Å². The number of hydrogen-bond donors (Lipinski definition) is 1. The van der Waals surface area contributed by atoms with Crippen LogP contribution in [-0.2, 0) is 9.53 Å². The quantitative estimate of drug-likeness (QED) is 0.796. The van der Waals surface area contributed by atoms with Crippen molar-refractivity contribution in [2.45, 2.75) is 96.3 Å². The van der Waals surface area contributed by atoms with Crippen molar-refractivity contribution in [2.75, 3.05) is 0 Å². The standard InChI is InChI=1S/C17H31NO2/c1-13-8-7-11-16(12-13)20-14(2)17(19)18-15-9-5-3-4-6-10-15/h13-16H,3-12H2,1-2H3,(H,18,19)/t13-,14+,16-/m1/s1. The Balaban J connectivity index is 1.73. The van der Waals surface area contributed by atoms with E-state index in [2.05, 4.69) is 12.2 Å². The van der Waals surface area contributed by atoms with Gasteiger partial charge in [-0.1, -0.05) is 45.4 Å². The molecule has 0 aliphatic heterocycles. The molecule has 0 radical (unpaired) electrons. The first-order chi connectivity index (χ1) is 9.65. The van der Waals surface area contributed by atoms with Crippen molar-refractivity contribution in [3.05, 3.63) is 0 Å². The normalized spacial score (nSPS) is 30.5. The number of hydrogen-bond acceptors (Lipinski definition) is 2. The van der Waals surface area contributed by atoms with E-state index in [-0.39, 0.29) is 18.1 Å². The maximum Gasteiger partial charge on any atom is 0.249 e. The van der Waals surface area contributed by atoms with Gasteiger partial charge < -0.3 is 10.1 Å². The van der Waals surface area contributed by atoms with Crippen LogP contribution in [0.3, 0.4) is 0 Å². The minimum atomic E-state index is -0.298. The molecule has 20 heavy (non-hydrogen) atoms. The summed E-state index contributed by atoms with van der Waals surface area (Å²) in [6, 6.07) is 0.376. The summed E-state index contributed by atoms with van der Waals surface area (Å²) in [7, 11) is 0. The van der Waals surface area contributed by atoms with Gasteiger partial charge in [-0.15, -0.1) is 0 Å². The predicted octanol–water partition coefficient (Wildman–Crippen LogP) is 3.81. The third kappa shape index (κ3) is 5.08. The van der Waals surface area contributed by atoms with Gasteiger partial charge in [-0.25, -0.2) is 0 Å². The molecule has 3 nitrogen and oxygen atoms in total. The molecular weight excluding hydrogens is 250 g/mol.